The quantitative estimate of drug-likeness (QED) is 0.738. The third kappa shape index (κ3) is 3.94. The first-order valence-corrected chi connectivity index (χ1v) is 9.84. The molecule has 1 fully saturated rings. The predicted molar refractivity (Wildman–Crippen MR) is 107 cm³/mol. The van der Waals surface area contributed by atoms with Crippen LogP contribution in [-0.4, -0.2) is 89.7 Å². The molecule has 0 saturated carbocycles. The molecule has 7 nitrogen and oxygen atoms in total. The predicted octanol–water partition coefficient (Wildman–Crippen LogP) is 1.13. The van der Waals surface area contributed by atoms with Gasteiger partial charge in [0.25, 0.3) is 5.91 Å². The molecule has 0 bridgehead atoms. The Bertz CT molecular complexity index is 745. The topological polar surface area (TPSA) is 64.2 Å². The van der Waals surface area contributed by atoms with Crippen LogP contribution in [0.25, 0.3) is 5.70 Å². The lowest BCUT2D eigenvalue weighted by Gasteiger charge is -2.36. The lowest BCUT2D eigenvalue weighted by atomic mass is 10.1. The normalized spacial score (nSPS) is 17.1. The molecule has 0 unspecified atom stereocenters. The maximum atomic E-state index is 12.7. The third-order valence-corrected chi connectivity index (χ3v) is 5.53. The lowest BCUT2D eigenvalue weighted by Crippen LogP contribution is -2.53. The Labute approximate surface area is 166 Å². The molecule has 2 aliphatic rings. The van der Waals surface area contributed by atoms with E-state index in [-0.39, 0.29) is 24.3 Å². The van der Waals surface area contributed by atoms with E-state index in [1.165, 1.54) is 4.90 Å². The van der Waals surface area contributed by atoms with Gasteiger partial charge < -0.3 is 9.80 Å². The first-order valence-electron chi connectivity index (χ1n) is 9.84. The summed E-state index contributed by atoms with van der Waals surface area (Å²) in [5, 5.41) is 0. The first-order chi connectivity index (χ1) is 13.5. The van der Waals surface area contributed by atoms with Crippen molar-refractivity contribution in [3.8, 4) is 0 Å². The zero-order valence-corrected chi connectivity index (χ0v) is 16.7. The minimum absolute atomic E-state index is 0.00469. The van der Waals surface area contributed by atoms with Gasteiger partial charge in [-0.3, -0.25) is 24.2 Å². The van der Waals surface area contributed by atoms with Crippen LogP contribution >= 0.6 is 0 Å². The number of amides is 3. The molecule has 28 heavy (non-hydrogen) atoms. The summed E-state index contributed by atoms with van der Waals surface area (Å²) in [5.74, 6) is -0.129. The van der Waals surface area contributed by atoms with Crippen molar-refractivity contribution >= 4 is 23.4 Å². The third-order valence-electron chi connectivity index (χ3n) is 5.53. The van der Waals surface area contributed by atoms with E-state index in [1.54, 1.807) is 11.0 Å². The second-order valence-electron chi connectivity index (χ2n) is 7.11. The molecule has 0 spiro atoms. The Morgan fingerprint density at radius 1 is 1.00 bits per heavy atom. The van der Waals surface area contributed by atoms with Crippen LogP contribution in [0, 0.1) is 0 Å². The van der Waals surface area contributed by atoms with Crippen LogP contribution in [0.2, 0.25) is 0 Å². The van der Waals surface area contributed by atoms with Gasteiger partial charge in [0.2, 0.25) is 11.8 Å². The molecule has 1 aromatic carbocycles. The maximum Gasteiger partial charge on any atom is 0.259 e. The van der Waals surface area contributed by atoms with E-state index in [0.29, 0.717) is 57.1 Å². The van der Waals surface area contributed by atoms with E-state index in [2.05, 4.69) is 11.5 Å². The highest BCUT2D eigenvalue weighted by Crippen LogP contribution is 2.30. The van der Waals surface area contributed by atoms with Crippen LogP contribution in [-0.2, 0) is 9.59 Å². The van der Waals surface area contributed by atoms with Gasteiger partial charge in [0.1, 0.15) is 6.54 Å². The largest absolute Gasteiger partial charge is 0.342 e. The van der Waals surface area contributed by atoms with Crippen molar-refractivity contribution in [1.82, 2.24) is 19.6 Å². The molecule has 3 rings (SSSR count). The van der Waals surface area contributed by atoms with Crippen LogP contribution in [0.15, 0.2) is 30.8 Å². The van der Waals surface area contributed by atoms with Gasteiger partial charge in [-0.25, -0.2) is 0 Å². The molecule has 0 aromatic heterocycles. The summed E-state index contributed by atoms with van der Waals surface area (Å²) in [4.78, 5) is 44.7. The molecule has 0 atom stereocenters. The van der Waals surface area contributed by atoms with Crippen molar-refractivity contribution < 1.29 is 14.4 Å². The fourth-order valence-electron chi connectivity index (χ4n) is 3.76. The van der Waals surface area contributed by atoms with Crippen molar-refractivity contribution in [1.29, 1.82) is 0 Å². The highest BCUT2D eigenvalue weighted by atomic mass is 16.2. The summed E-state index contributed by atoms with van der Waals surface area (Å²) in [6.45, 7) is 12.2. The fourth-order valence-corrected chi connectivity index (χ4v) is 3.76. The van der Waals surface area contributed by atoms with Crippen molar-refractivity contribution in [3.05, 3.63) is 42.0 Å². The van der Waals surface area contributed by atoms with E-state index < -0.39 is 0 Å². The number of fused-ring (bicyclic) bond motifs is 1. The van der Waals surface area contributed by atoms with Crippen LogP contribution in [0.1, 0.15) is 29.8 Å². The summed E-state index contributed by atoms with van der Waals surface area (Å²) in [5.41, 5.74) is 1.97. The zero-order chi connectivity index (χ0) is 20.3. The minimum Gasteiger partial charge on any atom is -0.342 e. The summed E-state index contributed by atoms with van der Waals surface area (Å²) < 4.78 is 0. The monoisotopic (exact) mass is 384 g/mol. The van der Waals surface area contributed by atoms with Crippen LogP contribution in [0.4, 0.5) is 0 Å². The summed E-state index contributed by atoms with van der Waals surface area (Å²) >= 11 is 0. The van der Waals surface area contributed by atoms with E-state index in [0.717, 1.165) is 5.56 Å². The van der Waals surface area contributed by atoms with Crippen molar-refractivity contribution in [2.75, 3.05) is 52.4 Å². The highest BCUT2D eigenvalue weighted by molar-refractivity contribution is 6.10. The number of carbonyl (C=O) groups excluding carboxylic acids is 3. The zero-order valence-electron chi connectivity index (χ0n) is 16.7. The minimum atomic E-state index is -0.169. The van der Waals surface area contributed by atoms with Crippen LogP contribution in [0.3, 0.4) is 0 Å². The van der Waals surface area contributed by atoms with Gasteiger partial charge in [-0.2, -0.15) is 0 Å². The summed E-state index contributed by atoms with van der Waals surface area (Å²) in [6.07, 6.45) is 0. The number of likely N-dealkylation sites (N-methyl/N-ethyl adjacent to an activating group) is 1. The second kappa shape index (κ2) is 8.56. The van der Waals surface area contributed by atoms with Gasteiger partial charge in [0.15, 0.2) is 0 Å². The number of rotatable bonds is 6. The van der Waals surface area contributed by atoms with Crippen LogP contribution in [0.5, 0.6) is 0 Å². The molecule has 2 heterocycles. The molecule has 1 aromatic rings. The smallest absolute Gasteiger partial charge is 0.259 e. The average molecular weight is 384 g/mol. The Hall–Kier alpha value is -2.67. The molecule has 0 radical (unpaired) electrons. The van der Waals surface area contributed by atoms with Gasteiger partial charge in [-0.05, 0) is 19.9 Å². The van der Waals surface area contributed by atoms with Gasteiger partial charge in [0.05, 0.1) is 6.54 Å². The number of benzene rings is 1. The molecule has 1 saturated heterocycles. The number of carbonyl (C=O) groups is 3. The standard InChI is InChI=1S/C21H28N4O3/c1-4-23(5-2)19(26)14-22-10-12-24(13-11-22)20(27)15-25-16(3)17-8-6-7-9-18(17)21(25)28/h6-9H,3-5,10-15H2,1-2H3. The Morgan fingerprint density at radius 2 is 1.61 bits per heavy atom. The summed E-state index contributed by atoms with van der Waals surface area (Å²) in [6, 6.07) is 7.29. The molecule has 7 heteroatoms. The SMILES string of the molecule is C=C1c2ccccc2C(=O)N1CC(=O)N1CCN(CC(=O)N(CC)CC)CC1. The maximum absolute atomic E-state index is 12.7. The molecule has 0 aliphatic carbocycles. The molecule has 150 valence electrons. The van der Waals surface area contributed by atoms with E-state index in [4.69, 9.17) is 0 Å². The number of nitrogens with zero attached hydrogens (tertiary/aromatic N) is 4. The number of piperazine rings is 1. The highest BCUT2D eigenvalue weighted by Gasteiger charge is 2.33. The van der Waals surface area contributed by atoms with E-state index in [1.807, 2.05) is 36.9 Å². The average Bonchev–Trinajstić information content (AvgIpc) is 2.94. The van der Waals surface area contributed by atoms with E-state index in [9.17, 15) is 14.4 Å². The molecule has 3 amide bonds. The van der Waals surface area contributed by atoms with Crippen molar-refractivity contribution in [3.63, 3.8) is 0 Å². The summed E-state index contributed by atoms with van der Waals surface area (Å²) in [7, 11) is 0. The molecular formula is C21H28N4O3. The van der Waals surface area contributed by atoms with Gasteiger partial charge in [0, 0.05) is 56.1 Å². The van der Waals surface area contributed by atoms with E-state index >= 15 is 0 Å². The molecular weight excluding hydrogens is 356 g/mol. The number of hydrogen-bond acceptors (Lipinski definition) is 4. The molecule has 0 N–H and O–H groups in total. The van der Waals surface area contributed by atoms with Gasteiger partial charge in [-0.15, -0.1) is 0 Å². The lowest BCUT2D eigenvalue weighted by molar-refractivity contribution is -0.135. The first kappa shape index (κ1) is 20.1. The van der Waals surface area contributed by atoms with Crippen molar-refractivity contribution in [2.45, 2.75) is 13.8 Å². The van der Waals surface area contributed by atoms with Crippen molar-refractivity contribution in [2.24, 2.45) is 0 Å². The second-order valence-corrected chi connectivity index (χ2v) is 7.11. The van der Waals surface area contributed by atoms with Gasteiger partial charge in [-0.1, -0.05) is 24.8 Å². The fraction of sp³-hybridized carbons (Fsp3) is 0.476. The Morgan fingerprint density at radius 3 is 2.18 bits per heavy atom. The van der Waals surface area contributed by atoms with Crippen LogP contribution < -0.4 is 0 Å². The van der Waals surface area contributed by atoms with Gasteiger partial charge >= 0.3 is 0 Å². The number of hydrogen-bond donors (Lipinski definition) is 0. The molecule has 2 aliphatic heterocycles. The Kier molecular flexibility index (Phi) is 6.14. The Balaban J connectivity index is 1.52.